The molecule has 1 aliphatic carbocycles. The molecule has 1 saturated heterocycles. The zero-order valence-electron chi connectivity index (χ0n) is 10.8. The van der Waals surface area contributed by atoms with Crippen LogP contribution in [0.2, 0.25) is 0 Å². The minimum absolute atomic E-state index is 0.272. The van der Waals surface area contributed by atoms with E-state index in [1.54, 1.807) is 0 Å². The minimum atomic E-state index is 0.272. The molecule has 0 bridgehead atoms. The van der Waals surface area contributed by atoms with E-state index in [9.17, 15) is 0 Å². The van der Waals surface area contributed by atoms with E-state index in [1.165, 1.54) is 12.8 Å². The second-order valence-electron chi connectivity index (χ2n) is 5.60. The summed E-state index contributed by atoms with van der Waals surface area (Å²) in [6.07, 6.45) is 4.46. The van der Waals surface area contributed by atoms with Crippen molar-refractivity contribution in [2.45, 2.75) is 58.3 Å². The molecule has 3 atom stereocenters. The fourth-order valence-electron chi connectivity index (χ4n) is 2.79. The normalized spacial score (nSPS) is 37.3. The van der Waals surface area contributed by atoms with Gasteiger partial charge in [-0.15, -0.1) is 0 Å². The molecule has 3 heteroatoms. The first kappa shape index (κ1) is 12.3. The maximum atomic E-state index is 5.72. The Kier molecular flexibility index (Phi) is 3.88. The average Bonchev–Trinajstić information content (AvgIpc) is 2.75. The summed E-state index contributed by atoms with van der Waals surface area (Å²) in [5.74, 6) is 0. The van der Waals surface area contributed by atoms with Crippen molar-refractivity contribution in [3.63, 3.8) is 0 Å². The molecule has 1 heterocycles. The van der Waals surface area contributed by atoms with Crippen LogP contribution in [-0.2, 0) is 9.47 Å². The molecule has 0 aromatic rings. The quantitative estimate of drug-likeness (QED) is 0.779. The van der Waals surface area contributed by atoms with Gasteiger partial charge in [-0.25, -0.2) is 0 Å². The van der Waals surface area contributed by atoms with Gasteiger partial charge in [-0.3, -0.25) is 0 Å². The topological polar surface area (TPSA) is 30.5 Å². The molecule has 0 spiro atoms. The minimum Gasteiger partial charge on any atom is -0.378 e. The molecule has 0 amide bonds. The lowest BCUT2D eigenvalue weighted by Gasteiger charge is -2.52. The van der Waals surface area contributed by atoms with Gasteiger partial charge in [-0.1, -0.05) is 13.8 Å². The number of ether oxygens (including phenoxy) is 2. The van der Waals surface area contributed by atoms with Gasteiger partial charge in [0.1, 0.15) is 0 Å². The molecule has 2 fully saturated rings. The molecule has 0 radical (unpaired) electrons. The van der Waals surface area contributed by atoms with Crippen molar-refractivity contribution in [2.75, 3.05) is 19.8 Å². The lowest BCUT2D eigenvalue weighted by molar-refractivity contribution is -0.115. The average molecular weight is 227 g/mol. The Morgan fingerprint density at radius 1 is 1.44 bits per heavy atom. The van der Waals surface area contributed by atoms with E-state index < -0.39 is 0 Å². The number of hydrogen-bond acceptors (Lipinski definition) is 3. The van der Waals surface area contributed by atoms with Gasteiger partial charge in [0.25, 0.3) is 0 Å². The summed E-state index contributed by atoms with van der Waals surface area (Å²) in [7, 11) is 0. The van der Waals surface area contributed by atoms with E-state index in [0.29, 0.717) is 18.2 Å². The monoisotopic (exact) mass is 227 g/mol. The second-order valence-corrected chi connectivity index (χ2v) is 5.60. The molecule has 3 nitrogen and oxygen atoms in total. The Hall–Kier alpha value is -0.120. The molecule has 3 unspecified atom stereocenters. The van der Waals surface area contributed by atoms with E-state index in [1.807, 2.05) is 0 Å². The Balaban J connectivity index is 1.71. The predicted octanol–water partition coefficient (Wildman–Crippen LogP) is 1.96. The van der Waals surface area contributed by atoms with Crippen LogP contribution in [0.15, 0.2) is 0 Å². The van der Waals surface area contributed by atoms with Crippen molar-refractivity contribution in [3.8, 4) is 0 Å². The van der Waals surface area contributed by atoms with Crippen molar-refractivity contribution in [1.82, 2.24) is 5.32 Å². The summed E-state index contributed by atoms with van der Waals surface area (Å²) >= 11 is 0. The molecule has 0 aromatic carbocycles. The van der Waals surface area contributed by atoms with Gasteiger partial charge in [-0.2, -0.15) is 0 Å². The highest BCUT2D eigenvalue weighted by Gasteiger charge is 2.48. The highest BCUT2D eigenvalue weighted by Crippen LogP contribution is 2.42. The number of nitrogens with one attached hydrogen (secondary N) is 1. The standard InChI is InChI=1S/C13H25NO2/c1-4-15-12-8-11(13(12,2)3)14-9-10-6-5-7-16-10/h10-12,14H,4-9H2,1-3H3. The molecule has 1 aliphatic heterocycles. The van der Waals surface area contributed by atoms with E-state index in [-0.39, 0.29) is 5.41 Å². The van der Waals surface area contributed by atoms with Gasteiger partial charge < -0.3 is 14.8 Å². The smallest absolute Gasteiger partial charge is 0.0700 e. The summed E-state index contributed by atoms with van der Waals surface area (Å²) in [6.45, 7) is 9.44. The molecule has 94 valence electrons. The maximum absolute atomic E-state index is 5.72. The molecule has 1 saturated carbocycles. The zero-order valence-corrected chi connectivity index (χ0v) is 10.8. The SMILES string of the molecule is CCOC1CC(NCC2CCCO2)C1(C)C. The van der Waals surface area contributed by atoms with E-state index in [4.69, 9.17) is 9.47 Å². The second kappa shape index (κ2) is 5.03. The maximum Gasteiger partial charge on any atom is 0.0700 e. The molecular weight excluding hydrogens is 202 g/mol. The van der Waals surface area contributed by atoms with Crippen LogP contribution in [0, 0.1) is 5.41 Å². The van der Waals surface area contributed by atoms with Crippen LogP contribution in [0.1, 0.15) is 40.0 Å². The largest absolute Gasteiger partial charge is 0.378 e. The summed E-state index contributed by atoms with van der Waals surface area (Å²) in [5, 5.41) is 3.63. The molecule has 2 aliphatic rings. The molecule has 1 N–H and O–H groups in total. The third kappa shape index (κ3) is 2.41. The molecule has 0 aromatic heterocycles. The summed E-state index contributed by atoms with van der Waals surface area (Å²) in [4.78, 5) is 0. The van der Waals surface area contributed by atoms with E-state index in [2.05, 4.69) is 26.1 Å². The van der Waals surface area contributed by atoms with Crippen LogP contribution >= 0.6 is 0 Å². The van der Waals surface area contributed by atoms with E-state index >= 15 is 0 Å². The van der Waals surface area contributed by atoms with Crippen LogP contribution in [0.5, 0.6) is 0 Å². The third-order valence-corrected chi connectivity index (χ3v) is 4.16. The first-order chi connectivity index (χ1) is 7.64. The lowest BCUT2D eigenvalue weighted by atomic mass is 9.64. The van der Waals surface area contributed by atoms with Crippen LogP contribution < -0.4 is 5.32 Å². The van der Waals surface area contributed by atoms with Gasteiger partial charge in [0.2, 0.25) is 0 Å². The lowest BCUT2D eigenvalue weighted by Crippen LogP contribution is -2.61. The van der Waals surface area contributed by atoms with Crippen LogP contribution in [0.3, 0.4) is 0 Å². The third-order valence-electron chi connectivity index (χ3n) is 4.16. The van der Waals surface area contributed by atoms with Gasteiger partial charge in [0.05, 0.1) is 12.2 Å². The molecule has 2 rings (SSSR count). The Bertz CT molecular complexity index is 224. The Labute approximate surface area is 98.9 Å². The molecule has 16 heavy (non-hydrogen) atoms. The highest BCUT2D eigenvalue weighted by atomic mass is 16.5. The fourth-order valence-corrected chi connectivity index (χ4v) is 2.79. The van der Waals surface area contributed by atoms with Crippen molar-refractivity contribution < 1.29 is 9.47 Å². The van der Waals surface area contributed by atoms with E-state index in [0.717, 1.165) is 26.2 Å². The Morgan fingerprint density at radius 3 is 2.81 bits per heavy atom. The summed E-state index contributed by atoms with van der Waals surface area (Å²) < 4.78 is 11.3. The summed E-state index contributed by atoms with van der Waals surface area (Å²) in [5.41, 5.74) is 0.272. The van der Waals surface area contributed by atoms with Crippen LogP contribution in [0.4, 0.5) is 0 Å². The van der Waals surface area contributed by atoms with Gasteiger partial charge in [-0.05, 0) is 26.2 Å². The summed E-state index contributed by atoms with van der Waals surface area (Å²) in [6, 6.07) is 0.591. The van der Waals surface area contributed by atoms with Crippen LogP contribution in [0.25, 0.3) is 0 Å². The first-order valence-corrected chi connectivity index (χ1v) is 6.61. The van der Waals surface area contributed by atoms with Crippen molar-refractivity contribution in [2.24, 2.45) is 5.41 Å². The van der Waals surface area contributed by atoms with Crippen molar-refractivity contribution >= 4 is 0 Å². The fraction of sp³-hybridized carbons (Fsp3) is 1.00. The molecular formula is C13H25NO2. The van der Waals surface area contributed by atoms with Gasteiger partial charge >= 0.3 is 0 Å². The number of rotatable bonds is 5. The van der Waals surface area contributed by atoms with Gasteiger partial charge in [0, 0.05) is 31.2 Å². The predicted molar refractivity (Wildman–Crippen MR) is 64.6 cm³/mol. The Morgan fingerprint density at radius 2 is 2.25 bits per heavy atom. The number of hydrogen-bond donors (Lipinski definition) is 1. The first-order valence-electron chi connectivity index (χ1n) is 6.61. The van der Waals surface area contributed by atoms with Gasteiger partial charge in [0.15, 0.2) is 0 Å². The van der Waals surface area contributed by atoms with Crippen molar-refractivity contribution in [1.29, 1.82) is 0 Å². The van der Waals surface area contributed by atoms with Crippen LogP contribution in [-0.4, -0.2) is 38.0 Å². The van der Waals surface area contributed by atoms with Crippen molar-refractivity contribution in [3.05, 3.63) is 0 Å². The zero-order chi connectivity index (χ0) is 11.6. The highest BCUT2D eigenvalue weighted by molar-refractivity contribution is 5.02.